The van der Waals surface area contributed by atoms with Gasteiger partial charge in [-0.1, -0.05) is 68.4 Å². The van der Waals surface area contributed by atoms with Crippen molar-refractivity contribution in [3.63, 3.8) is 0 Å². The molecular formula is C25H28N4O2S. The zero-order valence-electron chi connectivity index (χ0n) is 19.0. The fraction of sp³-hybridized carbons (Fsp3) is 0.360. The Morgan fingerprint density at radius 1 is 1.09 bits per heavy atom. The highest BCUT2D eigenvalue weighted by Crippen LogP contribution is 2.43. The van der Waals surface area contributed by atoms with Gasteiger partial charge in [-0.15, -0.1) is 10.2 Å². The third-order valence-corrected chi connectivity index (χ3v) is 6.55. The minimum atomic E-state index is -0.644. The van der Waals surface area contributed by atoms with Crippen LogP contribution in [-0.2, 0) is 4.79 Å². The molecule has 1 amide bonds. The third-order valence-electron chi connectivity index (χ3n) is 5.63. The van der Waals surface area contributed by atoms with Crippen molar-refractivity contribution >= 4 is 23.4 Å². The largest absolute Gasteiger partial charge is 0.447 e. The molecular weight excluding hydrogens is 420 g/mol. The van der Waals surface area contributed by atoms with E-state index in [4.69, 9.17) is 9.72 Å². The van der Waals surface area contributed by atoms with E-state index in [1.54, 1.807) is 16.7 Å². The summed E-state index contributed by atoms with van der Waals surface area (Å²) in [6, 6.07) is 13.9. The molecule has 0 spiro atoms. The number of thioether (sulfide) groups is 1. The van der Waals surface area contributed by atoms with E-state index in [-0.39, 0.29) is 5.91 Å². The van der Waals surface area contributed by atoms with Crippen LogP contribution < -0.4 is 9.64 Å². The Bertz CT molecular complexity index is 1130. The molecule has 1 aromatic heterocycles. The number of fused-ring (bicyclic) bond motifs is 3. The van der Waals surface area contributed by atoms with E-state index in [0.717, 1.165) is 41.0 Å². The third kappa shape index (κ3) is 4.35. The maximum atomic E-state index is 13.2. The van der Waals surface area contributed by atoms with Crippen molar-refractivity contribution < 1.29 is 9.53 Å². The van der Waals surface area contributed by atoms with Gasteiger partial charge in [-0.3, -0.25) is 9.69 Å². The van der Waals surface area contributed by atoms with Crippen molar-refractivity contribution in [3.8, 4) is 17.1 Å². The van der Waals surface area contributed by atoms with Gasteiger partial charge >= 0.3 is 0 Å². The highest BCUT2D eigenvalue weighted by Gasteiger charge is 2.35. The second kappa shape index (κ2) is 9.69. The van der Waals surface area contributed by atoms with Gasteiger partial charge in [-0.05, 0) is 37.5 Å². The zero-order chi connectivity index (χ0) is 22.7. The lowest BCUT2D eigenvalue weighted by Gasteiger charge is -2.31. The molecule has 0 bridgehead atoms. The minimum Gasteiger partial charge on any atom is -0.447 e. The van der Waals surface area contributed by atoms with Crippen LogP contribution >= 0.6 is 11.8 Å². The van der Waals surface area contributed by atoms with Gasteiger partial charge in [-0.25, -0.2) is 0 Å². The number of unbranched alkanes of at least 4 members (excludes halogenated alkanes) is 1. The number of benzene rings is 2. The Kier molecular flexibility index (Phi) is 6.74. The maximum absolute atomic E-state index is 13.2. The lowest BCUT2D eigenvalue weighted by Crippen LogP contribution is -2.37. The Balaban J connectivity index is 1.87. The summed E-state index contributed by atoms with van der Waals surface area (Å²) in [5.74, 6) is 1.30. The summed E-state index contributed by atoms with van der Waals surface area (Å²) in [6.07, 6.45) is 1.90. The van der Waals surface area contributed by atoms with Crippen LogP contribution in [0.25, 0.3) is 11.3 Å². The molecule has 2 aromatic carbocycles. The van der Waals surface area contributed by atoms with Crippen LogP contribution in [0.2, 0.25) is 0 Å². The fourth-order valence-electron chi connectivity index (χ4n) is 3.66. The molecule has 0 N–H and O–H groups in total. The number of aromatic nitrogens is 3. The van der Waals surface area contributed by atoms with E-state index >= 15 is 0 Å². The summed E-state index contributed by atoms with van der Waals surface area (Å²) in [5, 5.41) is 9.41. The van der Waals surface area contributed by atoms with Gasteiger partial charge in [0.1, 0.15) is 0 Å². The molecule has 0 aliphatic carbocycles. The van der Waals surface area contributed by atoms with Gasteiger partial charge in [-0.2, -0.15) is 4.98 Å². The number of nitrogens with zero attached hydrogens (tertiary/aromatic N) is 4. The number of carbonyl (C=O) groups excluding carboxylic acids is 1. The predicted octanol–water partition coefficient (Wildman–Crippen LogP) is 5.88. The first kappa shape index (κ1) is 22.3. The van der Waals surface area contributed by atoms with E-state index in [1.165, 1.54) is 5.56 Å². The summed E-state index contributed by atoms with van der Waals surface area (Å²) in [5.41, 5.74) is 5.33. The van der Waals surface area contributed by atoms with Crippen LogP contribution in [0.4, 0.5) is 5.69 Å². The number of amides is 1. The van der Waals surface area contributed by atoms with Crippen LogP contribution in [-0.4, -0.2) is 26.8 Å². The summed E-state index contributed by atoms with van der Waals surface area (Å²) in [7, 11) is 0. The SMILES string of the molecule is CCCCSc1nnc2c(n1)O[C@@H](c1ccc(C)c(C)c1)N(C(=O)CC)c1ccccc1-2. The van der Waals surface area contributed by atoms with Crippen molar-refractivity contribution in [2.75, 3.05) is 10.7 Å². The van der Waals surface area contributed by atoms with Gasteiger partial charge in [0.2, 0.25) is 23.2 Å². The summed E-state index contributed by atoms with van der Waals surface area (Å²) in [6.45, 7) is 8.16. The van der Waals surface area contributed by atoms with Gasteiger partial charge in [0, 0.05) is 23.3 Å². The molecule has 6 nitrogen and oxygen atoms in total. The molecule has 2 heterocycles. The molecule has 1 aliphatic rings. The number of ether oxygens (including phenoxy) is 1. The van der Waals surface area contributed by atoms with Gasteiger partial charge in [0.25, 0.3) is 0 Å². The van der Waals surface area contributed by atoms with Crippen molar-refractivity contribution in [2.24, 2.45) is 0 Å². The molecule has 0 fully saturated rings. The monoisotopic (exact) mass is 448 g/mol. The number of para-hydroxylation sites is 1. The molecule has 0 radical (unpaired) electrons. The van der Waals surface area contributed by atoms with Crippen LogP contribution in [0, 0.1) is 13.8 Å². The Labute approximate surface area is 193 Å². The molecule has 0 saturated carbocycles. The lowest BCUT2D eigenvalue weighted by atomic mass is 10.0. The van der Waals surface area contributed by atoms with E-state index in [9.17, 15) is 4.79 Å². The van der Waals surface area contributed by atoms with Gasteiger partial charge in [0.05, 0.1) is 5.69 Å². The fourth-order valence-corrected chi connectivity index (χ4v) is 4.52. The molecule has 0 unspecified atom stereocenters. The smallest absolute Gasteiger partial charge is 0.247 e. The first-order valence-electron chi connectivity index (χ1n) is 11.1. The summed E-state index contributed by atoms with van der Waals surface area (Å²) < 4.78 is 6.48. The van der Waals surface area contributed by atoms with Crippen LogP contribution in [0.3, 0.4) is 0 Å². The number of carbonyl (C=O) groups is 1. The molecule has 3 aromatic rings. The average Bonchev–Trinajstić information content (AvgIpc) is 2.95. The van der Waals surface area contributed by atoms with E-state index in [0.29, 0.717) is 23.2 Å². The van der Waals surface area contributed by atoms with Crippen LogP contribution in [0.1, 0.15) is 56.0 Å². The lowest BCUT2D eigenvalue weighted by molar-refractivity contribution is -0.120. The minimum absolute atomic E-state index is 0.0287. The molecule has 4 rings (SSSR count). The maximum Gasteiger partial charge on any atom is 0.247 e. The van der Waals surface area contributed by atoms with Gasteiger partial charge in [0.15, 0.2) is 5.69 Å². The number of aryl methyl sites for hydroxylation is 2. The molecule has 166 valence electrons. The van der Waals surface area contributed by atoms with Crippen molar-refractivity contribution in [3.05, 3.63) is 59.2 Å². The zero-order valence-corrected chi connectivity index (χ0v) is 19.8. The van der Waals surface area contributed by atoms with E-state index < -0.39 is 6.23 Å². The van der Waals surface area contributed by atoms with Gasteiger partial charge < -0.3 is 4.74 Å². The highest BCUT2D eigenvalue weighted by atomic mass is 32.2. The van der Waals surface area contributed by atoms with E-state index in [2.05, 4.69) is 43.1 Å². The molecule has 0 saturated heterocycles. The molecule has 1 atom stereocenters. The van der Waals surface area contributed by atoms with Crippen LogP contribution in [0.15, 0.2) is 47.6 Å². The standard InChI is InChI=1S/C25H28N4O2S/c1-5-7-14-32-25-26-23-22(27-28-25)19-10-8-9-11-20(19)29(21(30)6-2)24(31-23)18-13-12-16(3)17(4)15-18/h8-13,15,24H,5-7,14H2,1-4H3/t24-/m0/s1. The van der Waals surface area contributed by atoms with Crippen molar-refractivity contribution in [1.29, 1.82) is 0 Å². The van der Waals surface area contributed by atoms with E-state index in [1.807, 2.05) is 37.3 Å². The molecule has 7 heteroatoms. The Morgan fingerprint density at radius 3 is 2.66 bits per heavy atom. The first-order chi connectivity index (χ1) is 15.5. The Morgan fingerprint density at radius 2 is 1.91 bits per heavy atom. The second-order valence-corrected chi connectivity index (χ2v) is 8.96. The van der Waals surface area contributed by atoms with Crippen LogP contribution in [0.5, 0.6) is 5.88 Å². The Hall–Kier alpha value is -2.93. The number of rotatable bonds is 6. The number of hydrogen-bond acceptors (Lipinski definition) is 6. The highest BCUT2D eigenvalue weighted by molar-refractivity contribution is 7.99. The predicted molar refractivity (Wildman–Crippen MR) is 128 cm³/mol. The van der Waals surface area contributed by atoms with Crippen molar-refractivity contribution in [1.82, 2.24) is 15.2 Å². The number of anilines is 1. The summed E-state index contributed by atoms with van der Waals surface area (Å²) in [4.78, 5) is 19.6. The normalized spacial score (nSPS) is 14.9. The average molecular weight is 449 g/mol. The summed E-state index contributed by atoms with van der Waals surface area (Å²) >= 11 is 1.57. The first-order valence-corrected chi connectivity index (χ1v) is 12.0. The topological polar surface area (TPSA) is 68.2 Å². The van der Waals surface area contributed by atoms with Crippen molar-refractivity contribution in [2.45, 2.75) is 58.3 Å². The number of hydrogen-bond donors (Lipinski definition) is 0. The quantitative estimate of drug-likeness (QED) is 0.346. The molecule has 32 heavy (non-hydrogen) atoms. The molecule has 1 aliphatic heterocycles. The second-order valence-electron chi connectivity index (χ2n) is 7.90.